The molecule has 7 nitrogen and oxygen atoms in total. The summed E-state index contributed by atoms with van der Waals surface area (Å²) in [6.45, 7) is 2.66. The number of alkyl halides is 3. The summed E-state index contributed by atoms with van der Waals surface area (Å²) >= 11 is 5.75. The Balaban J connectivity index is 1.45. The van der Waals surface area contributed by atoms with Gasteiger partial charge in [-0.1, -0.05) is 56.5 Å². The van der Waals surface area contributed by atoms with Crippen LogP contribution in [0.15, 0.2) is 61.1 Å². The molecule has 11 heteroatoms. The Kier molecular flexibility index (Phi) is 11.2. The number of benzene rings is 2. The smallest absolute Gasteiger partial charge is 0.360 e. The third-order valence-corrected chi connectivity index (χ3v) is 8.15. The van der Waals surface area contributed by atoms with Crippen LogP contribution in [0.3, 0.4) is 0 Å². The lowest BCUT2D eigenvalue weighted by atomic mass is 9.96. The fourth-order valence-electron chi connectivity index (χ4n) is 5.38. The third-order valence-electron chi connectivity index (χ3n) is 7.78. The number of imidazole rings is 1. The van der Waals surface area contributed by atoms with Gasteiger partial charge in [0.2, 0.25) is 5.91 Å². The summed E-state index contributed by atoms with van der Waals surface area (Å²) < 4.78 is 43.3. The molecule has 1 heterocycles. The Bertz CT molecular complexity index is 1410. The highest BCUT2D eigenvalue weighted by molar-refractivity contribution is 7.80. The van der Waals surface area contributed by atoms with Gasteiger partial charge in [-0.25, -0.2) is 4.98 Å². The topological polar surface area (TPSA) is 86.0 Å². The van der Waals surface area contributed by atoms with Crippen LogP contribution in [0.4, 0.5) is 13.2 Å². The van der Waals surface area contributed by atoms with Crippen LogP contribution in [0.25, 0.3) is 0 Å². The normalized spacial score (nSPS) is 14.5. The van der Waals surface area contributed by atoms with Crippen LogP contribution in [0, 0.1) is 11.3 Å². The minimum atomic E-state index is -4.49. The van der Waals surface area contributed by atoms with Gasteiger partial charge in [-0.05, 0) is 60.8 Å². The number of hydrogen-bond acceptors (Lipinski definition) is 4. The Hall–Kier alpha value is -3.91. The molecule has 1 aromatic heterocycles. The summed E-state index contributed by atoms with van der Waals surface area (Å²) in [5.74, 6) is -0.213. The monoisotopic (exact) mass is 610 g/mol. The molecule has 2 N–H and O–H groups in total. The van der Waals surface area contributed by atoms with Gasteiger partial charge in [-0.15, -0.1) is 0 Å². The van der Waals surface area contributed by atoms with Crippen molar-refractivity contribution in [3.8, 4) is 6.07 Å². The Morgan fingerprint density at radius 1 is 1.16 bits per heavy atom. The molecule has 228 valence electrons. The van der Waals surface area contributed by atoms with Crippen molar-refractivity contribution in [1.29, 1.82) is 5.26 Å². The van der Waals surface area contributed by atoms with E-state index in [9.17, 15) is 18.0 Å². The van der Waals surface area contributed by atoms with E-state index in [4.69, 9.17) is 17.5 Å². The highest BCUT2D eigenvalue weighted by atomic mass is 32.1. The molecular weight excluding hydrogens is 573 g/mol. The number of hydrogen-bond donors (Lipinski definition) is 2. The molecule has 0 unspecified atom stereocenters. The van der Waals surface area contributed by atoms with E-state index >= 15 is 0 Å². The van der Waals surface area contributed by atoms with E-state index in [1.807, 2.05) is 23.6 Å². The molecule has 0 radical (unpaired) electrons. The van der Waals surface area contributed by atoms with E-state index in [-0.39, 0.29) is 43.1 Å². The maximum Gasteiger partial charge on any atom is 0.416 e. The largest absolute Gasteiger partial charge is 0.416 e. The van der Waals surface area contributed by atoms with Crippen molar-refractivity contribution in [2.45, 2.75) is 83.2 Å². The number of nitriles is 1. The van der Waals surface area contributed by atoms with Gasteiger partial charge in [0.25, 0.3) is 0 Å². The number of amides is 1. The minimum Gasteiger partial charge on any atom is -0.360 e. The zero-order valence-electron chi connectivity index (χ0n) is 24.2. The quantitative estimate of drug-likeness (QED) is 0.260. The van der Waals surface area contributed by atoms with Gasteiger partial charge in [0, 0.05) is 43.6 Å². The van der Waals surface area contributed by atoms with Gasteiger partial charge < -0.3 is 20.1 Å². The average Bonchev–Trinajstić information content (AvgIpc) is 3.42. The third kappa shape index (κ3) is 9.29. The Morgan fingerprint density at radius 2 is 1.88 bits per heavy atom. The minimum absolute atomic E-state index is 0.0298. The zero-order valence-corrected chi connectivity index (χ0v) is 25.1. The lowest BCUT2D eigenvalue weighted by Crippen LogP contribution is -2.50. The number of thiocarbonyl (C=S) groups is 1. The molecule has 43 heavy (non-hydrogen) atoms. The first-order valence-corrected chi connectivity index (χ1v) is 15.0. The van der Waals surface area contributed by atoms with Gasteiger partial charge in [0.15, 0.2) is 5.11 Å². The summed E-state index contributed by atoms with van der Waals surface area (Å²) in [5.41, 5.74) is 1.72. The summed E-state index contributed by atoms with van der Waals surface area (Å²) in [6, 6.07) is 14.7. The second kappa shape index (κ2) is 15.0. The van der Waals surface area contributed by atoms with Crippen molar-refractivity contribution < 1.29 is 18.0 Å². The lowest BCUT2D eigenvalue weighted by Gasteiger charge is -2.34. The van der Waals surface area contributed by atoms with Crippen molar-refractivity contribution in [3.05, 3.63) is 89.0 Å². The number of nitrogens with zero attached hydrogens (tertiary/aromatic N) is 4. The highest BCUT2D eigenvalue weighted by Crippen LogP contribution is 2.32. The summed E-state index contributed by atoms with van der Waals surface area (Å²) in [7, 11) is 0. The second-order valence-electron chi connectivity index (χ2n) is 11.0. The molecule has 1 fully saturated rings. The van der Waals surface area contributed by atoms with Gasteiger partial charge >= 0.3 is 6.18 Å². The molecule has 2 aromatic carbocycles. The van der Waals surface area contributed by atoms with Crippen molar-refractivity contribution >= 4 is 23.2 Å². The number of nitrogens with one attached hydrogen (secondary N) is 2. The molecule has 0 saturated heterocycles. The molecule has 1 amide bonds. The van der Waals surface area contributed by atoms with Gasteiger partial charge in [-0.2, -0.15) is 18.4 Å². The van der Waals surface area contributed by atoms with E-state index in [2.05, 4.69) is 21.7 Å². The SMILES string of the molecule is CC[C@@H](CN(Cc1ccccc1C(F)(F)F)C(=S)NC1CCCCC1)NC(=O)Cc1cncn1Cc1ccc(C#N)cc1. The van der Waals surface area contributed by atoms with Crippen molar-refractivity contribution in [2.75, 3.05) is 6.54 Å². The van der Waals surface area contributed by atoms with Gasteiger partial charge in [0.05, 0.1) is 29.9 Å². The van der Waals surface area contributed by atoms with E-state index in [0.717, 1.165) is 43.0 Å². The first kappa shape index (κ1) is 32.0. The van der Waals surface area contributed by atoms with Crippen molar-refractivity contribution in [1.82, 2.24) is 25.1 Å². The molecule has 1 aliphatic carbocycles. The Labute approximate surface area is 256 Å². The van der Waals surface area contributed by atoms with Crippen LogP contribution in [0.5, 0.6) is 0 Å². The highest BCUT2D eigenvalue weighted by Gasteiger charge is 2.34. The fourth-order valence-corrected chi connectivity index (χ4v) is 5.68. The molecule has 1 atom stereocenters. The van der Waals surface area contributed by atoms with E-state index < -0.39 is 11.7 Å². The van der Waals surface area contributed by atoms with Crippen LogP contribution in [-0.2, 0) is 30.5 Å². The van der Waals surface area contributed by atoms with E-state index in [0.29, 0.717) is 23.6 Å². The maximum atomic E-state index is 13.8. The molecular formula is C32H37F3N6OS. The lowest BCUT2D eigenvalue weighted by molar-refractivity contribution is -0.138. The molecule has 1 saturated carbocycles. The second-order valence-corrected chi connectivity index (χ2v) is 11.4. The van der Waals surface area contributed by atoms with Crippen LogP contribution in [0.2, 0.25) is 0 Å². The van der Waals surface area contributed by atoms with Crippen LogP contribution in [-0.4, -0.2) is 44.1 Å². The number of aromatic nitrogens is 2. The van der Waals surface area contributed by atoms with E-state index in [1.54, 1.807) is 35.6 Å². The van der Waals surface area contributed by atoms with E-state index in [1.165, 1.54) is 18.6 Å². The van der Waals surface area contributed by atoms with Gasteiger partial charge in [-0.3, -0.25) is 4.79 Å². The van der Waals surface area contributed by atoms with Crippen molar-refractivity contribution in [3.63, 3.8) is 0 Å². The Morgan fingerprint density at radius 3 is 2.56 bits per heavy atom. The van der Waals surface area contributed by atoms with Crippen LogP contribution in [0.1, 0.15) is 73.4 Å². The first-order valence-electron chi connectivity index (χ1n) is 14.6. The number of halogens is 3. The molecule has 4 rings (SSSR count). The zero-order chi connectivity index (χ0) is 30.8. The summed E-state index contributed by atoms with van der Waals surface area (Å²) in [6.07, 6.45) is 4.77. The van der Waals surface area contributed by atoms with Crippen LogP contribution < -0.4 is 10.6 Å². The number of carbonyl (C=O) groups excluding carboxylic acids is 1. The first-order chi connectivity index (χ1) is 20.7. The average molecular weight is 611 g/mol. The predicted octanol–water partition coefficient (Wildman–Crippen LogP) is 5.97. The van der Waals surface area contributed by atoms with Crippen LogP contribution >= 0.6 is 12.2 Å². The predicted molar refractivity (Wildman–Crippen MR) is 163 cm³/mol. The number of rotatable bonds is 11. The fraction of sp³-hybridized carbons (Fsp3) is 0.438. The summed E-state index contributed by atoms with van der Waals surface area (Å²) in [4.78, 5) is 19.1. The maximum absolute atomic E-state index is 13.8. The molecule has 3 aromatic rings. The molecule has 0 spiro atoms. The number of carbonyl (C=O) groups is 1. The summed E-state index contributed by atoms with van der Waals surface area (Å²) in [5, 5.41) is 15.9. The molecule has 0 bridgehead atoms. The molecule has 0 aliphatic heterocycles. The molecule has 1 aliphatic rings. The van der Waals surface area contributed by atoms with Crippen molar-refractivity contribution in [2.24, 2.45) is 0 Å². The van der Waals surface area contributed by atoms with Gasteiger partial charge in [0.1, 0.15) is 0 Å². The standard InChI is InChI=1S/C32H37F3N6OS/c1-2-26(38-30(42)16-28-18-37-22-41(28)19-24-14-12-23(17-36)13-15-24)21-40(31(43)39-27-9-4-3-5-10-27)20-25-8-6-7-11-29(25)32(33,34)35/h6-8,11-15,18,22,26-27H,2-5,9-10,16,19-21H2,1H3,(H,38,42)(H,39,43)/t26-/m0/s1.